The van der Waals surface area contributed by atoms with Crippen LogP contribution < -0.4 is 10.1 Å². The second-order valence-electron chi connectivity index (χ2n) is 5.76. The van der Waals surface area contributed by atoms with Crippen molar-refractivity contribution in [1.29, 1.82) is 0 Å². The summed E-state index contributed by atoms with van der Waals surface area (Å²) in [5.41, 5.74) is 3.16. The van der Waals surface area contributed by atoms with Crippen LogP contribution in [0.3, 0.4) is 0 Å². The molecule has 140 valence electrons. The maximum atomic E-state index is 11.6. The molecule has 0 spiro atoms. The lowest BCUT2D eigenvalue weighted by atomic mass is 10.1. The van der Waals surface area contributed by atoms with Crippen LogP contribution in [-0.4, -0.2) is 34.9 Å². The Labute approximate surface area is 161 Å². The van der Waals surface area contributed by atoms with E-state index in [2.05, 4.69) is 26.6 Å². The number of nitrogens with one attached hydrogen (secondary N) is 1. The third kappa shape index (κ3) is 4.22. The Balaban J connectivity index is 1.78. The van der Waals surface area contributed by atoms with E-state index in [4.69, 9.17) is 9.47 Å². The summed E-state index contributed by atoms with van der Waals surface area (Å²) in [5, 5.41) is 11.7. The van der Waals surface area contributed by atoms with Gasteiger partial charge in [-0.25, -0.2) is 9.78 Å². The molecular weight excluding hydrogens is 364 g/mol. The van der Waals surface area contributed by atoms with Crippen LogP contribution in [0.15, 0.2) is 30.3 Å². The predicted octanol–water partition coefficient (Wildman–Crippen LogP) is 4.15. The van der Waals surface area contributed by atoms with Crippen LogP contribution >= 0.6 is 11.3 Å². The van der Waals surface area contributed by atoms with E-state index in [0.717, 1.165) is 27.4 Å². The lowest BCUT2D eigenvalue weighted by molar-refractivity contribution is 0.0518. The van der Waals surface area contributed by atoms with Crippen LogP contribution in [-0.2, 0) is 4.74 Å². The smallest absolute Gasteiger partial charge is 0.358 e. The zero-order chi connectivity index (χ0) is 19.4. The van der Waals surface area contributed by atoms with Gasteiger partial charge in [-0.1, -0.05) is 0 Å². The Morgan fingerprint density at radius 2 is 2.00 bits per heavy atom. The third-order valence-corrected chi connectivity index (χ3v) is 4.74. The van der Waals surface area contributed by atoms with Crippen LogP contribution in [0.5, 0.6) is 5.75 Å². The minimum absolute atomic E-state index is 0.173. The largest absolute Gasteiger partial charge is 0.496 e. The first-order valence-corrected chi connectivity index (χ1v) is 9.23. The van der Waals surface area contributed by atoms with Crippen molar-refractivity contribution < 1.29 is 14.3 Å². The lowest BCUT2D eigenvalue weighted by Gasteiger charge is -2.06. The van der Waals surface area contributed by atoms with E-state index in [1.165, 1.54) is 11.3 Å². The summed E-state index contributed by atoms with van der Waals surface area (Å²) in [6.07, 6.45) is 0. The molecule has 0 atom stereocenters. The number of carbonyl (C=O) groups excluding carboxylic acids is 1. The number of hydrogen-bond acceptors (Lipinski definition) is 8. The summed E-state index contributed by atoms with van der Waals surface area (Å²) in [5.74, 6) is 0.870. The van der Waals surface area contributed by atoms with Crippen molar-refractivity contribution in [2.75, 3.05) is 19.0 Å². The zero-order valence-electron chi connectivity index (χ0n) is 15.6. The van der Waals surface area contributed by atoms with Gasteiger partial charge in [0, 0.05) is 10.4 Å². The topological polar surface area (TPSA) is 86.2 Å². The molecule has 1 aromatic carbocycles. The molecule has 2 heterocycles. The number of benzene rings is 1. The minimum Gasteiger partial charge on any atom is -0.496 e. The molecule has 27 heavy (non-hydrogen) atoms. The fourth-order valence-electron chi connectivity index (χ4n) is 2.57. The molecule has 3 rings (SSSR count). The highest BCUT2D eigenvalue weighted by Crippen LogP contribution is 2.33. The predicted molar refractivity (Wildman–Crippen MR) is 105 cm³/mol. The molecule has 3 aromatic rings. The maximum Gasteiger partial charge on any atom is 0.358 e. The van der Waals surface area contributed by atoms with Crippen molar-refractivity contribution in [3.8, 4) is 17.0 Å². The Kier molecular flexibility index (Phi) is 5.66. The summed E-state index contributed by atoms with van der Waals surface area (Å²) in [7, 11) is 1.66. The van der Waals surface area contributed by atoms with Crippen molar-refractivity contribution in [1.82, 2.24) is 15.2 Å². The Morgan fingerprint density at radius 1 is 1.19 bits per heavy atom. The molecule has 1 N–H and O–H groups in total. The van der Waals surface area contributed by atoms with E-state index in [9.17, 15) is 4.79 Å². The van der Waals surface area contributed by atoms with E-state index in [1.807, 2.05) is 26.0 Å². The van der Waals surface area contributed by atoms with Gasteiger partial charge in [-0.2, -0.15) is 0 Å². The molecule has 0 bridgehead atoms. The average molecular weight is 384 g/mol. The Bertz CT molecular complexity index is 954. The monoisotopic (exact) mass is 384 g/mol. The first-order valence-electron chi connectivity index (χ1n) is 8.42. The molecule has 0 aliphatic carbocycles. The number of ether oxygens (including phenoxy) is 2. The number of nitrogens with zero attached hydrogens (tertiary/aromatic N) is 3. The number of thiazole rings is 1. The van der Waals surface area contributed by atoms with Crippen LogP contribution in [0.4, 0.5) is 10.9 Å². The SMILES string of the molecule is CCOC(=O)c1ccc(Nc2nc(-c3ccc(OC)c(C)c3)c(C)s2)nn1. The number of aryl methyl sites for hydroxylation is 2. The fraction of sp³-hybridized carbons (Fsp3) is 0.263. The van der Waals surface area contributed by atoms with Crippen molar-refractivity contribution in [2.45, 2.75) is 20.8 Å². The van der Waals surface area contributed by atoms with Crippen LogP contribution in [0.1, 0.15) is 27.9 Å². The average Bonchev–Trinajstić information content (AvgIpc) is 3.02. The van der Waals surface area contributed by atoms with Gasteiger partial charge in [-0.3, -0.25) is 0 Å². The molecule has 0 saturated heterocycles. The molecule has 0 radical (unpaired) electrons. The highest BCUT2D eigenvalue weighted by Gasteiger charge is 2.13. The number of hydrogen-bond donors (Lipinski definition) is 1. The Hall–Kier alpha value is -3.00. The molecule has 7 nitrogen and oxygen atoms in total. The molecule has 8 heteroatoms. The third-order valence-electron chi connectivity index (χ3n) is 3.85. The number of methoxy groups -OCH3 is 1. The molecule has 0 aliphatic heterocycles. The Morgan fingerprint density at radius 3 is 2.63 bits per heavy atom. The summed E-state index contributed by atoms with van der Waals surface area (Å²) in [6.45, 7) is 6.07. The zero-order valence-corrected chi connectivity index (χ0v) is 16.4. The number of esters is 1. The molecule has 0 unspecified atom stereocenters. The number of anilines is 2. The van der Waals surface area contributed by atoms with E-state index >= 15 is 0 Å². The van der Waals surface area contributed by atoms with Gasteiger partial charge in [0.05, 0.1) is 19.4 Å². The molecule has 2 aromatic heterocycles. The summed E-state index contributed by atoms with van der Waals surface area (Å²) in [6, 6.07) is 9.23. The van der Waals surface area contributed by atoms with Crippen LogP contribution in [0, 0.1) is 13.8 Å². The molecule has 0 fully saturated rings. The van der Waals surface area contributed by atoms with E-state index < -0.39 is 5.97 Å². The van der Waals surface area contributed by atoms with Gasteiger partial charge >= 0.3 is 5.97 Å². The highest BCUT2D eigenvalue weighted by atomic mass is 32.1. The highest BCUT2D eigenvalue weighted by molar-refractivity contribution is 7.16. The van der Waals surface area contributed by atoms with E-state index in [-0.39, 0.29) is 5.69 Å². The summed E-state index contributed by atoms with van der Waals surface area (Å²) in [4.78, 5) is 17.4. The standard InChI is InChI=1S/C19H20N4O3S/c1-5-26-18(24)14-7-9-16(23-22-14)20-19-21-17(12(3)27-19)13-6-8-15(25-4)11(2)10-13/h6-10H,5H2,1-4H3,(H,20,21,23). The number of aromatic nitrogens is 3. The van der Waals surface area contributed by atoms with E-state index in [1.54, 1.807) is 26.2 Å². The van der Waals surface area contributed by atoms with Crippen molar-refractivity contribution >= 4 is 28.3 Å². The van der Waals surface area contributed by atoms with Gasteiger partial charge in [-0.05, 0) is 56.7 Å². The number of rotatable bonds is 6. The molecule has 0 saturated carbocycles. The normalized spacial score (nSPS) is 10.5. The lowest BCUT2D eigenvalue weighted by Crippen LogP contribution is -2.08. The first-order chi connectivity index (χ1) is 13.0. The number of carbonyl (C=O) groups is 1. The first kappa shape index (κ1) is 18.8. The summed E-state index contributed by atoms with van der Waals surface area (Å²) >= 11 is 1.53. The molecular formula is C19H20N4O3S. The van der Waals surface area contributed by atoms with Crippen molar-refractivity contribution in [3.63, 3.8) is 0 Å². The maximum absolute atomic E-state index is 11.6. The quantitative estimate of drug-likeness (QED) is 0.639. The second-order valence-corrected chi connectivity index (χ2v) is 6.96. The molecule has 0 amide bonds. The minimum atomic E-state index is -0.487. The van der Waals surface area contributed by atoms with Crippen molar-refractivity contribution in [3.05, 3.63) is 46.5 Å². The summed E-state index contributed by atoms with van der Waals surface area (Å²) < 4.78 is 10.2. The second kappa shape index (κ2) is 8.13. The fourth-order valence-corrected chi connectivity index (χ4v) is 3.41. The van der Waals surface area contributed by atoms with Gasteiger partial charge in [-0.15, -0.1) is 21.5 Å². The van der Waals surface area contributed by atoms with Crippen molar-refractivity contribution in [2.24, 2.45) is 0 Å². The van der Waals surface area contributed by atoms with Gasteiger partial charge in [0.25, 0.3) is 0 Å². The van der Waals surface area contributed by atoms with Crippen LogP contribution in [0.25, 0.3) is 11.3 Å². The molecule has 0 aliphatic rings. The van der Waals surface area contributed by atoms with Gasteiger partial charge in [0.15, 0.2) is 16.6 Å². The van der Waals surface area contributed by atoms with Gasteiger partial charge in [0.1, 0.15) is 5.75 Å². The van der Waals surface area contributed by atoms with Gasteiger partial charge < -0.3 is 14.8 Å². The van der Waals surface area contributed by atoms with Crippen LogP contribution in [0.2, 0.25) is 0 Å². The van der Waals surface area contributed by atoms with E-state index in [0.29, 0.717) is 17.6 Å². The van der Waals surface area contributed by atoms with Gasteiger partial charge in [0.2, 0.25) is 0 Å².